The molecule has 5 nitrogen and oxygen atoms in total. The first-order valence-corrected chi connectivity index (χ1v) is 7.56. The van der Waals surface area contributed by atoms with Crippen LogP contribution < -0.4 is 10.7 Å². The molecule has 112 valence electrons. The van der Waals surface area contributed by atoms with E-state index >= 15 is 0 Å². The molecule has 7 heteroatoms. The van der Waals surface area contributed by atoms with E-state index in [0.29, 0.717) is 10.3 Å². The summed E-state index contributed by atoms with van der Waals surface area (Å²) in [5, 5.41) is 12.7. The lowest BCUT2D eigenvalue weighted by atomic mass is 10.3. The van der Waals surface area contributed by atoms with Gasteiger partial charge >= 0.3 is 0 Å². The zero-order chi connectivity index (χ0) is 15.1. The summed E-state index contributed by atoms with van der Waals surface area (Å²) in [6, 6.07) is 0.271. The molecule has 1 rings (SSSR count). The highest BCUT2D eigenvalue weighted by Gasteiger charge is 2.11. The van der Waals surface area contributed by atoms with E-state index in [1.807, 2.05) is 25.5 Å². The van der Waals surface area contributed by atoms with Gasteiger partial charge in [0, 0.05) is 12.6 Å². The van der Waals surface area contributed by atoms with Gasteiger partial charge in [-0.1, -0.05) is 24.9 Å². The van der Waals surface area contributed by atoms with Crippen molar-refractivity contribution in [2.24, 2.45) is 5.10 Å². The molecular formula is C13H22ClN5S. The fourth-order valence-electron chi connectivity index (χ4n) is 1.62. The molecule has 0 fully saturated rings. The predicted octanol–water partition coefficient (Wildman–Crippen LogP) is 2.85. The van der Waals surface area contributed by atoms with E-state index in [0.717, 1.165) is 30.6 Å². The normalized spacial score (nSPS) is 11.3. The summed E-state index contributed by atoms with van der Waals surface area (Å²) < 4.78 is 1.81. The summed E-state index contributed by atoms with van der Waals surface area (Å²) in [6.07, 6.45) is 3.81. The third-order valence-electron chi connectivity index (χ3n) is 2.61. The van der Waals surface area contributed by atoms with Gasteiger partial charge in [-0.05, 0) is 39.4 Å². The first-order valence-electron chi connectivity index (χ1n) is 6.78. The van der Waals surface area contributed by atoms with Gasteiger partial charge in [0.15, 0.2) is 5.11 Å². The van der Waals surface area contributed by atoms with Crippen molar-refractivity contribution in [2.75, 3.05) is 0 Å². The van der Waals surface area contributed by atoms with E-state index in [2.05, 4.69) is 27.9 Å². The zero-order valence-corrected chi connectivity index (χ0v) is 14.0. The van der Waals surface area contributed by atoms with Crippen molar-refractivity contribution in [1.29, 1.82) is 0 Å². The van der Waals surface area contributed by atoms with Crippen LogP contribution in [0.4, 0.5) is 0 Å². The molecule has 20 heavy (non-hydrogen) atoms. The van der Waals surface area contributed by atoms with Crippen LogP contribution >= 0.6 is 23.8 Å². The summed E-state index contributed by atoms with van der Waals surface area (Å²) in [5.74, 6) is 0. The lowest BCUT2D eigenvalue weighted by Gasteiger charge is -2.09. The van der Waals surface area contributed by atoms with Crippen LogP contribution in [0.3, 0.4) is 0 Å². The maximum absolute atomic E-state index is 6.30. The number of nitrogens with zero attached hydrogens (tertiary/aromatic N) is 3. The minimum atomic E-state index is 0.271. The van der Waals surface area contributed by atoms with Crippen LogP contribution in [-0.4, -0.2) is 27.1 Å². The van der Waals surface area contributed by atoms with Gasteiger partial charge in [0.1, 0.15) is 5.15 Å². The number of thiocarbonyl (C=S) groups is 1. The van der Waals surface area contributed by atoms with Crippen LogP contribution in [0.25, 0.3) is 0 Å². The fraction of sp³-hybridized carbons (Fsp3) is 0.615. The van der Waals surface area contributed by atoms with Crippen molar-refractivity contribution in [1.82, 2.24) is 20.5 Å². The Labute approximate surface area is 130 Å². The monoisotopic (exact) mass is 315 g/mol. The minimum Gasteiger partial charge on any atom is -0.359 e. The van der Waals surface area contributed by atoms with E-state index in [-0.39, 0.29) is 6.04 Å². The average Bonchev–Trinajstić information content (AvgIpc) is 2.62. The Kier molecular flexibility index (Phi) is 6.95. The lowest BCUT2D eigenvalue weighted by Crippen LogP contribution is -2.36. The molecule has 0 saturated heterocycles. The van der Waals surface area contributed by atoms with E-state index in [9.17, 15) is 0 Å². The minimum absolute atomic E-state index is 0.271. The van der Waals surface area contributed by atoms with Crippen molar-refractivity contribution in [3.8, 4) is 0 Å². The Morgan fingerprint density at radius 1 is 1.55 bits per heavy atom. The number of hydrogen-bond donors (Lipinski definition) is 2. The third kappa shape index (κ3) is 5.09. The van der Waals surface area contributed by atoms with Crippen molar-refractivity contribution < 1.29 is 0 Å². The Balaban J connectivity index is 2.67. The Morgan fingerprint density at radius 2 is 2.25 bits per heavy atom. The first-order chi connectivity index (χ1) is 9.45. The molecule has 0 bridgehead atoms. The van der Waals surface area contributed by atoms with Crippen molar-refractivity contribution in [3.05, 3.63) is 16.4 Å². The molecule has 2 N–H and O–H groups in total. The molecule has 1 aromatic heterocycles. The summed E-state index contributed by atoms with van der Waals surface area (Å²) in [6.45, 7) is 8.90. The Hall–Kier alpha value is -1.14. The number of aryl methyl sites for hydroxylation is 2. The van der Waals surface area contributed by atoms with Crippen LogP contribution in [-0.2, 0) is 6.54 Å². The SMILES string of the molecule is CCCCn1nc(C)c(/C=N\NC(=S)NC(C)C)c1Cl. The predicted molar refractivity (Wildman–Crippen MR) is 88.5 cm³/mol. The molecule has 0 unspecified atom stereocenters. The summed E-state index contributed by atoms with van der Waals surface area (Å²) in [7, 11) is 0. The van der Waals surface area contributed by atoms with Crippen molar-refractivity contribution in [2.45, 2.75) is 53.1 Å². The molecule has 0 spiro atoms. The molecule has 0 aliphatic heterocycles. The average molecular weight is 316 g/mol. The number of nitrogens with one attached hydrogen (secondary N) is 2. The number of rotatable bonds is 6. The maximum Gasteiger partial charge on any atom is 0.187 e. The third-order valence-corrected chi connectivity index (χ3v) is 3.22. The molecule has 0 aliphatic carbocycles. The highest BCUT2D eigenvalue weighted by atomic mass is 35.5. The highest BCUT2D eigenvalue weighted by Crippen LogP contribution is 2.18. The van der Waals surface area contributed by atoms with Crippen LogP contribution in [0, 0.1) is 6.92 Å². The standard InChI is InChI=1S/C13H22ClN5S/c1-5-6-7-19-12(14)11(10(4)18-19)8-15-17-13(20)16-9(2)3/h8-9H,5-7H2,1-4H3,(H2,16,17,20)/b15-8-. The van der Waals surface area contributed by atoms with E-state index in [1.165, 1.54) is 0 Å². The summed E-state index contributed by atoms with van der Waals surface area (Å²) >= 11 is 11.4. The van der Waals surface area contributed by atoms with Gasteiger partial charge in [0.05, 0.1) is 17.5 Å². The van der Waals surface area contributed by atoms with Crippen LogP contribution in [0.2, 0.25) is 5.15 Å². The molecule has 1 aromatic rings. The lowest BCUT2D eigenvalue weighted by molar-refractivity contribution is 0.569. The first kappa shape index (κ1) is 16.9. The number of hydrazone groups is 1. The number of hydrogen-bond acceptors (Lipinski definition) is 3. The molecule has 0 amide bonds. The molecular weight excluding hydrogens is 294 g/mol. The molecule has 1 heterocycles. The number of aromatic nitrogens is 2. The fourth-order valence-corrected chi connectivity index (χ4v) is 2.22. The largest absolute Gasteiger partial charge is 0.359 e. The number of halogens is 1. The smallest absolute Gasteiger partial charge is 0.187 e. The second kappa shape index (κ2) is 8.21. The van der Waals surface area contributed by atoms with Crippen LogP contribution in [0.15, 0.2) is 5.10 Å². The van der Waals surface area contributed by atoms with Gasteiger partial charge in [-0.2, -0.15) is 10.2 Å². The van der Waals surface area contributed by atoms with Crippen LogP contribution in [0.5, 0.6) is 0 Å². The van der Waals surface area contributed by atoms with E-state index in [1.54, 1.807) is 6.21 Å². The summed E-state index contributed by atoms with van der Waals surface area (Å²) in [5.41, 5.74) is 4.45. The zero-order valence-electron chi connectivity index (χ0n) is 12.4. The molecule has 0 aliphatic rings. The Morgan fingerprint density at radius 3 is 2.85 bits per heavy atom. The van der Waals surface area contributed by atoms with Gasteiger partial charge in [-0.3, -0.25) is 10.1 Å². The van der Waals surface area contributed by atoms with Crippen molar-refractivity contribution in [3.63, 3.8) is 0 Å². The molecule has 0 aromatic carbocycles. The second-order valence-corrected chi connectivity index (χ2v) is 5.63. The van der Waals surface area contributed by atoms with Crippen molar-refractivity contribution >= 4 is 35.1 Å². The van der Waals surface area contributed by atoms with E-state index in [4.69, 9.17) is 23.8 Å². The maximum atomic E-state index is 6.30. The van der Waals surface area contributed by atoms with Gasteiger partial charge < -0.3 is 5.32 Å². The summed E-state index contributed by atoms with van der Waals surface area (Å²) in [4.78, 5) is 0. The van der Waals surface area contributed by atoms with Crippen LogP contribution in [0.1, 0.15) is 44.9 Å². The van der Waals surface area contributed by atoms with Gasteiger partial charge in [0.25, 0.3) is 0 Å². The van der Waals surface area contributed by atoms with E-state index < -0.39 is 0 Å². The molecule has 0 radical (unpaired) electrons. The quantitative estimate of drug-likeness (QED) is 0.481. The Bertz CT molecular complexity index is 481. The number of unbranched alkanes of at least 4 members (excludes halogenated alkanes) is 1. The molecule has 0 saturated carbocycles. The second-order valence-electron chi connectivity index (χ2n) is 4.86. The van der Waals surface area contributed by atoms with Gasteiger partial charge in [-0.15, -0.1) is 0 Å². The topological polar surface area (TPSA) is 54.2 Å². The van der Waals surface area contributed by atoms with Gasteiger partial charge in [0.2, 0.25) is 0 Å². The molecule has 0 atom stereocenters. The highest BCUT2D eigenvalue weighted by molar-refractivity contribution is 7.80. The van der Waals surface area contributed by atoms with Gasteiger partial charge in [-0.25, -0.2) is 0 Å².